The topological polar surface area (TPSA) is 108 Å². The molecule has 0 saturated carbocycles. The number of piperidine rings is 1. The molecule has 2 heterocycles. The highest BCUT2D eigenvalue weighted by Crippen LogP contribution is 2.29. The van der Waals surface area contributed by atoms with Crippen LogP contribution in [0.3, 0.4) is 0 Å². The molecule has 0 bridgehead atoms. The van der Waals surface area contributed by atoms with E-state index in [1.165, 1.54) is 16.1 Å². The van der Waals surface area contributed by atoms with Crippen molar-refractivity contribution in [2.24, 2.45) is 5.92 Å². The number of aromatic amines is 1. The zero-order chi connectivity index (χ0) is 21.9. The first kappa shape index (κ1) is 22.8. The van der Waals surface area contributed by atoms with Gasteiger partial charge in [-0.15, -0.1) is 5.10 Å². The Bertz CT molecular complexity index is 996. The molecule has 0 spiro atoms. The summed E-state index contributed by atoms with van der Waals surface area (Å²) in [6.45, 7) is 8.59. The molecule has 1 fully saturated rings. The number of amides is 1. The third kappa shape index (κ3) is 5.22. The average Bonchev–Trinajstić information content (AvgIpc) is 3.09. The summed E-state index contributed by atoms with van der Waals surface area (Å²) in [5.41, 5.74) is 2.54. The molecule has 0 radical (unpaired) electrons. The fraction of sp³-hybridized carbons (Fsp3) is 0.550. The molecule has 2 aromatic rings. The number of H-pyrrole nitrogens is 1. The molecular formula is C20H29N5O3S2. The molecule has 1 unspecified atom stereocenters. The Morgan fingerprint density at radius 3 is 2.60 bits per heavy atom. The Morgan fingerprint density at radius 2 is 1.97 bits per heavy atom. The normalized spacial score (nSPS) is 17.8. The summed E-state index contributed by atoms with van der Waals surface area (Å²) >= 11 is 1.46. The molecule has 10 heteroatoms. The Balaban J connectivity index is 1.59. The second-order valence-electron chi connectivity index (χ2n) is 7.77. The van der Waals surface area contributed by atoms with Gasteiger partial charge < -0.3 is 5.32 Å². The van der Waals surface area contributed by atoms with Gasteiger partial charge in [0.2, 0.25) is 21.1 Å². The molecule has 1 aliphatic rings. The first-order valence-corrected chi connectivity index (χ1v) is 12.5. The fourth-order valence-corrected chi connectivity index (χ4v) is 6.56. The lowest BCUT2D eigenvalue weighted by Crippen LogP contribution is -2.46. The van der Waals surface area contributed by atoms with Gasteiger partial charge in [-0.3, -0.25) is 9.89 Å². The number of nitrogens with zero attached hydrogens (tertiary/aromatic N) is 3. The van der Waals surface area contributed by atoms with Crippen molar-refractivity contribution in [1.82, 2.24) is 24.8 Å². The van der Waals surface area contributed by atoms with E-state index in [2.05, 4.69) is 20.5 Å². The zero-order valence-electron chi connectivity index (χ0n) is 17.9. The Labute approximate surface area is 182 Å². The van der Waals surface area contributed by atoms with E-state index in [9.17, 15) is 13.2 Å². The maximum Gasteiger partial charge on any atom is 0.243 e. The van der Waals surface area contributed by atoms with Crippen LogP contribution in [0.25, 0.3) is 0 Å². The van der Waals surface area contributed by atoms with Crippen LogP contribution in [0.5, 0.6) is 0 Å². The van der Waals surface area contributed by atoms with E-state index < -0.39 is 10.0 Å². The molecular weight excluding hydrogens is 422 g/mol. The summed E-state index contributed by atoms with van der Waals surface area (Å²) in [4.78, 5) is 17.2. The van der Waals surface area contributed by atoms with Crippen molar-refractivity contribution in [2.75, 3.05) is 25.4 Å². The average molecular weight is 452 g/mol. The third-order valence-corrected chi connectivity index (χ3v) is 8.19. The Morgan fingerprint density at radius 1 is 1.27 bits per heavy atom. The van der Waals surface area contributed by atoms with Gasteiger partial charge in [0, 0.05) is 25.4 Å². The lowest BCUT2D eigenvalue weighted by atomic mass is 9.99. The van der Waals surface area contributed by atoms with Crippen molar-refractivity contribution in [1.29, 1.82) is 0 Å². The summed E-state index contributed by atoms with van der Waals surface area (Å²) in [6, 6.07) is 3.78. The molecule has 1 amide bonds. The Kier molecular flexibility index (Phi) is 7.20. The minimum atomic E-state index is -3.64. The minimum absolute atomic E-state index is 0.0981. The van der Waals surface area contributed by atoms with Crippen molar-refractivity contribution in [2.45, 2.75) is 50.6 Å². The van der Waals surface area contributed by atoms with Crippen LogP contribution in [0.2, 0.25) is 0 Å². The molecule has 30 heavy (non-hydrogen) atoms. The number of thioether (sulfide) groups is 1. The van der Waals surface area contributed by atoms with Crippen molar-refractivity contribution >= 4 is 27.7 Å². The van der Waals surface area contributed by atoms with Gasteiger partial charge in [-0.05, 0) is 51.7 Å². The number of aryl methyl sites for hydroxylation is 4. The summed E-state index contributed by atoms with van der Waals surface area (Å²) in [6.07, 6.45) is 1.36. The number of carbonyl (C=O) groups is 1. The van der Waals surface area contributed by atoms with Crippen molar-refractivity contribution in [3.63, 3.8) is 0 Å². The number of nitrogens with one attached hydrogen (secondary N) is 2. The smallest absolute Gasteiger partial charge is 0.243 e. The highest BCUT2D eigenvalue weighted by molar-refractivity contribution is 7.99. The van der Waals surface area contributed by atoms with Gasteiger partial charge in [0.25, 0.3) is 0 Å². The highest BCUT2D eigenvalue weighted by atomic mass is 32.2. The second kappa shape index (κ2) is 9.49. The molecule has 8 nitrogen and oxygen atoms in total. The van der Waals surface area contributed by atoms with Gasteiger partial charge in [-0.2, -0.15) is 4.31 Å². The standard InChI is InChI=1S/C20H29N5O3S2/c1-13-10-14(2)18(15(3)11-13)30(27,28)25-8-5-6-17(12-25)19(26)21-7-9-29-20-22-16(4)23-24-20/h10-11,17H,5-9,12H2,1-4H3,(H,21,26)(H,22,23,24). The molecule has 1 aliphatic heterocycles. The zero-order valence-corrected chi connectivity index (χ0v) is 19.5. The van der Waals surface area contributed by atoms with Crippen molar-refractivity contribution in [3.05, 3.63) is 34.6 Å². The van der Waals surface area contributed by atoms with E-state index in [-0.39, 0.29) is 18.4 Å². The van der Waals surface area contributed by atoms with Gasteiger partial charge in [0.1, 0.15) is 5.82 Å². The van der Waals surface area contributed by atoms with Crippen LogP contribution in [0.15, 0.2) is 22.2 Å². The summed E-state index contributed by atoms with van der Waals surface area (Å²) < 4.78 is 28.1. The van der Waals surface area contributed by atoms with Crippen LogP contribution in [-0.4, -0.2) is 59.2 Å². The van der Waals surface area contributed by atoms with E-state index in [0.717, 1.165) is 22.5 Å². The third-order valence-electron chi connectivity index (χ3n) is 5.17. The van der Waals surface area contributed by atoms with E-state index in [1.54, 1.807) is 0 Å². The molecule has 1 saturated heterocycles. The van der Waals surface area contributed by atoms with Crippen LogP contribution < -0.4 is 5.32 Å². The number of aromatic nitrogens is 3. The maximum atomic E-state index is 13.3. The van der Waals surface area contributed by atoms with E-state index in [4.69, 9.17) is 0 Å². The first-order chi connectivity index (χ1) is 14.2. The molecule has 2 N–H and O–H groups in total. The summed E-state index contributed by atoms with van der Waals surface area (Å²) in [7, 11) is -3.64. The minimum Gasteiger partial charge on any atom is -0.355 e. The van der Waals surface area contributed by atoms with Crippen molar-refractivity contribution < 1.29 is 13.2 Å². The number of hydrogen-bond donors (Lipinski definition) is 2. The van der Waals surface area contributed by atoms with Gasteiger partial charge in [-0.1, -0.05) is 29.5 Å². The van der Waals surface area contributed by atoms with Crippen LogP contribution in [0.1, 0.15) is 35.4 Å². The second-order valence-corrected chi connectivity index (χ2v) is 10.7. The predicted octanol–water partition coefficient (Wildman–Crippen LogP) is 2.35. The van der Waals surface area contributed by atoms with Crippen molar-refractivity contribution in [3.8, 4) is 0 Å². The summed E-state index contributed by atoms with van der Waals surface area (Å²) in [5, 5.41) is 10.4. The number of carbonyl (C=O) groups excluding carboxylic acids is 1. The molecule has 1 atom stereocenters. The molecule has 3 rings (SSSR count). The quantitative estimate of drug-likeness (QED) is 0.494. The van der Waals surface area contributed by atoms with E-state index >= 15 is 0 Å². The molecule has 164 valence electrons. The van der Waals surface area contributed by atoms with E-state index in [0.29, 0.717) is 41.7 Å². The van der Waals surface area contributed by atoms with Gasteiger partial charge in [0.05, 0.1) is 10.8 Å². The van der Waals surface area contributed by atoms with Crippen LogP contribution in [0.4, 0.5) is 0 Å². The largest absolute Gasteiger partial charge is 0.355 e. The monoisotopic (exact) mass is 451 g/mol. The molecule has 0 aliphatic carbocycles. The fourth-order valence-electron chi connectivity index (χ4n) is 3.93. The van der Waals surface area contributed by atoms with Crippen LogP contribution in [-0.2, 0) is 14.8 Å². The van der Waals surface area contributed by atoms with Gasteiger partial charge >= 0.3 is 0 Å². The molecule has 1 aromatic heterocycles. The summed E-state index contributed by atoms with van der Waals surface area (Å²) in [5.74, 6) is 0.970. The molecule has 1 aromatic carbocycles. The van der Waals surface area contributed by atoms with Crippen LogP contribution in [0, 0.1) is 33.6 Å². The van der Waals surface area contributed by atoms with Gasteiger partial charge in [-0.25, -0.2) is 13.4 Å². The lowest BCUT2D eigenvalue weighted by Gasteiger charge is -2.32. The van der Waals surface area contributed by atoms with E-state index in [1.807, 2.05) is 39.8 Å². The Hall–Kier alpha value is -1.91. The van der Waals surface area contributed by atoms with Crippen LogP contribution >= 0.6 is 11.8 Å². The lowest BCUT2D eigenvalue weighted by molar-refractivity contribution is -0.125. The number of sulfonamides is 1. The number of hydrogen-bond acceptors (Lipinski definition) is 6. The first-order valence-electron chi connectivity index (χ1n) is 10.1. The number of benzene rings is 1. The maximum absolute atomic E-state index is 13.3. The predicted molar refractivity (Wildman–Crippen MR) is 117 cm³/mol. The highest BCUT2D eigenvalue weighted by Gasteiger charge is 2.34. The number of rotatable bonds is 7. The SMILES string of the molecule is Cc1cc(C)c(S(=O)(=O)N2CCCC(C(=O)NCCSc3n[nH]c(C)n3)C2)c(C)c1. The van der Waals surface area contributed by atoms with Gasteiger partial charge in [0.15, 0.2) is 0 Å².